The molecule has 0 aliphatic carbocycles. The van der Waals surface area contributed by atoms with Gasteiger partial charge in [-0.05, 0) is 24.3 Å². The van der Waals surface area contributed by atoms with Gasteiger partial charge in [0, 0.05) is 0 Å². The number of anilines is 2. The molecule has 0 bridgehead atoms. The summed E-state index contributed by atoms with van der Waals surface area (Å²) >= 11 is 2.52. The van der Waals surface area contributed by atoms with Crippen molar-refractivity contribution < 1.29 is 0 Å². The number of azo groups is 1. The molecular formula is C14H21ClIN5Si. The summed E-state index contributed by atoms with van der Waals surface area (Å²) in [6.07, 6.45) is 0. The average Bonchev–Trinajstić information content (AvgIpc) is 2.37. The van der Waals surface area contributed by atoms with E-state index in [0.717, 1.165) is 5.69 Å². The van der Waals surface area contributed by atoms with Crippen molar-refractivity contribution in [2.45, 2.75) is 19.6 Å². The molecule has 2 rings (SSSR count). The van der Waals surface area contributed by atoms with Crippen LogP contribution in [0.4, 0.5) is 23.0 Å². The zero-order valence-electron chi connectivity index (χ0n) is 12.8. The fraction of sp³-hybridized carbons (Fsp3) is 0.214. The van der Waals surface area contributed by atoms with E-state index in [1.165, 1.54) is 0 Å². The second-order valence-electron chi connectivity index (χ2n) is 5.24. The second-order valence-corrected chi connectivity index (χ2v) is 19.1. The normalized spacial score (nSPS) is 10.5. The molecule has 8 heteroatoms. The molecule has 0 fully saturated rings. The number of nitrogens with two attached hydrogens (primary N) is 2. The first-order valence-electron chi connectivity index (χ1n) is 6.43. The van der Waals surface area contributed by atoms with E-state index < -0.39 is 5.57 Å². The van der Waals surface area contributed by atoms with Crippen molar-refractivity contribution in [3.8, 4) is 0 Å². The molecule has 0 saturated carbocycles. The van der Waals surface area contributed by atoms with Crippen LogP contribution in [0.15, 0.2) is 52.7 Å². The fourth-order valence-electron chi connectivity index (χ4n) is 1.17. The van der Waals surface area contributed by atoms with Crippen molar-refractivity contribution in [1.29, 1.82) is 0 Å². The van der Waals surface area contributed by atoms with E-state index in [4.69, 9.17) is 11.5 Å². The molecule has 120 valence electrons. The standard InChI is InChI=1S/C11H11N5.C3H9ISi.ClH/c12-10-7-6-9(11(13)14-10)16-15-8-4-2-1-3-5-8;1-5(2,3)4;/h1-7H,(H4,12,13,14);1-3H3;1H. The van der Waals surface area contributed by atoms with Crippen molar-refractivity contribution in [3.05, 3.63) is 42.5 Å². The Balaban J connectivity index is 0.000000644. The highest BCUT2D eigenvalue weighted by Crippen LogP contribution is 2.23. The molecule has 0 aliphatic heterocycles. The number of hydrogen-bond acceptors (Lipinski definition) is 5. The lowest BCUT2D eigenvalue weighted by Gasteiger charge is -1.98. The van der Waals surface area contributed by atoms with Gasteiger partial charge in [-0.15, -0.1) is 39.3 Å². The van der Waals surface area contributed by atoms with Crippen LogP contribution in [0.2, 0.25) is 19.6 Å². The molecule has 5 nitrogen and oxygen atoms in total. The molecule has 0 aliphatic rings. The monoisotopic (exact) mass is 449 g/mol. The van der Waals surface area contributed by atoms with Gasteiger partial charge >= 0.3 is 0 Å². The smallest absolute Gasteiger partial charge is 0.153 e. The van der Waals surface area contributed by atoms with Crippen LogP contribution in [0.3, 0.4) is 0 Å². The summed E-state index contributed by atoms with van der Waals surface area (Å²) in [5.74, 6) is 0.649. The van der Waals surface area contributed by atoms with E-state index in [-0.39, 0.29) is 18.2 Å². The minimum atomic E-state index is -0.641. The van der Waals surface area contributed by atoms with Crippen LogP contribution in [0.25, 0.3) is 0 Å². The van der Waals surface area contributed by atoms with Gasteiger partial charge in [-0.25, -0.2) is 4.98 Å². The molecule has 1 aromatic carbocycles. The number of hydrogen-bond donors (Lipinski definition) is 2. The Kier molecular flexibility index (Phi) is 9.22. The molecule has 0 radical (unpaired) electrons. The van der Waals surface area contributed by atoms with Gasteiger partial charge in [-0.2, -0.15) is 5.11 Å². The Hall–Kier alpha value is -1.19. The Labute approximate surface area is 151 Å². The lowest BCUT2D eigenvalue weighted by Crippen LogP contribution is -2.05. The second kappa shape index (κ2) is 9.75. The summed E-state index contributed by atoms with van der Waals surface area (Å²) in [5, 5.41) is 8.03. The Morgan fingerprint density at radius 3 is 2.00 bits per heavy atom. The van der Waals surface area contributed by atoms with Crippen LogP contribution >= 0.6 is 34.2 Å². The van der Waals surface area contributed by atoms with Crippen LogP contribution in [-0.2, 0) is 0 Å². The number of halogens is 2. The first-order valence-corrected chi connectivity index (χ1v) is 13.0. The van der Waals surface area contributed by atoms with E-state index in [1.807, 2.05) is 30.3 Å². The van der Waals surface area contributed by atoms with Crippen LogP contribution in [-0.4, -0.2) is 10.6 Å². The fourth-order valence-corrected chi connectivity index (χ4v) is 1.17. The van der Waals surface area contributed by atoms with Gasteiger partial charge in [0.15, 0.2) is 5.82 Å². The topological polar surface area (TPSA) is 89.6 Å². The Bertz CT molecular complexity index is 596. The van der Waals surface area contributed by atoms with E-state index in [0.29, 0.717) is 11.5 Å². The van der Waals surface area contributed by atoms with Gasteiger partial charge in [0.25, 0.3) is 0 Å². The minimum absolute atomic E-state index is 0. The molecule has 0 amide bonds. The number of aromatic nitrogens is 1. The average molecular weight is 450 g/mol. The zero-order chi connectivity index (χ0) is 15.9. The van der Waals surface area contributed by atoms with Crippen molar-refractivity contribution in [3.63, 3.8) is 0 Å². The van der Waals surface area contributed by atoms with Crippen LogP contribution in [0, 0.1) is 0 Å². The minimum Gasteiger partial charge on any atom is -0.384 e. The largest absolute Gasteiger partial charge is 0.384 e. The number of nitrogen functional groups attached to an aromatic ring is 2. The predicted molar refractivity (Wildman–Crippen MR) is 108 cm³/mol. The third-order valence-corrected chi connectivity index (χ3v) is 1.95. The van der Waals surface area contributed by atoms with Crippen molar-refractivity contribution in [2.75, 3.05) is 11.5 Å². The van der Waals surface area contributed by atoms with E-state index in [9.17, 15) is 0 Å². The van der Waals surface area contributed by atoms with E-state index >= 15 is 0 Å². The summed E-state index contributed by atoms with van der Waals surface area (Å²) < 4.78 is 0. The lowest BCUT2D eigenvalue weighted by atomic mass is 10.3. The molecule has 4 N–H and O–H groups in total. The predicted octanol–water partition coefficient (Wildman–Crippen LogP) is 5.34. The molecule has 0 unspecified atom stereocenters. The van der Waals surface area contributed by atoms with Gasteiger partial charge in [0.05, 0.1) is 5.69 Å². The molecule has 2 aromatic rings. The van der Waals surface area contributed by atoms with Gasteiger partial charge in [-0.1, -0.05) is 37.8 Å². The molecule has 0 spiro atoms. The molecule has 1 aromatic heterocycles. The third kappa shape index (κ3) is 9.69. The maximum atomic E-state index is 5.64. The number of rotatable bonds is 2. The van der Waals surface area contributed by atoms with Crippen LogP contribution in [0.5, 0.6) is 0 Å². The summed E-state index contributed by atoms with van der Waals surface area (Å²) in [4.78, 5) is 3.89. The van der Waals surface area contributed by atoms with Crippen molar-refractivity contribution in [1.82, 2.24) is 4.98 Å². The van der Waals surface area contributed by atoms with Gasteiger partial charge in [0.2, 0.25) is 0 Å². The first kappa shape index (κ1) is 20.8. The summed E-state index contributed by atoms with van der Waals surface area (Å²) in [6, 6.07) is 12.7. The maximum absolute atomic E-state index is 5.64. The quantitative estimate of drug-likeness (QED) is 0.281. The van der Waals surface area contributed by atoms with Crippen molar-refractivity contribution in [2.24, 2.45) is 10.2 Å². The van der Waals surface area contributed by atoms with Crippen molar-refractivity contribution >= 4 is 62.8 Å². The molecule has 22 heavy (non-hydrogen) atoms. The SMILES string of the molecule is C[Si](C)(C)I.Cl.Nc1ccc(N=Nc2ccccc2)c(N)n1. The lowest BCUT2D eigenvalue weighted by molar-refractivity contribution is 1.21. The molecule has 0 saturated heterocycles. The first-order chi connectivity index (χ1) is 9.75. The summed E-state index contributed by atoms with van der Waals surface area (Å²) in [5.41, 5.74) is 11.7. The van der Waals surface area contributed by atoms with Gasteiger partial charge < -0.3 is 11.5 Å². The van der Waals surface area contributed by atoms with Crippen LogP contribution < -0.4 is 11.5 Å². The number of benzene rings is 1. The highest BCUT2D eigenvalue weighted by molar-refractivity contribution is 14.1. The van der Waals surface area contributed by atoms with Gasteiger partial charge in [-0.3, -0.25) is 0 Å². The molecular weight excluding hydrogens is 429 g/mol. The maximum Gasteiger partial charge on any atom is 0.153 e. The molecule has 1 heterocycles. The Morgan fingerprint density at radius 2 is 1.50 bits per heavy atom. The van der Waals surface area contributed by atoms with E-state index in [2.05, 4.69) is 56.7 Å². The van der Waals surface area contributed by atoms with Crippen LogP contribution in [0.1, 0.15) is 0 Å². The highest BCUT2D eigenvalue weighted by atomic mass is 127. The Morgan fingerprint density at radius 1 is 0.955 bits per heavy atom. The summed E-state index contributed by atoms with van der Waals surface area (Å²) in [6.45, 7) is 6.94. The summed E-state index contributed by atoms with van der Waals surface area (Å²) in [7, 11) is 0. The van der Waals surface area contributed by atoms with Gasteiger partial charge in [0.1, 0.15) is 17.1 Å². The zero-order valence-corrected chi connectivity index (χ0v) is 16.8. The van der Waals surface area contributed by atoms with E-state index in [1.54, 1.807) is 12.1 Å². The number of nitrogens with zero attached hydrogens (tertiary/aromatic N) is 3. The number of pyridine rings is 1. The highest BCUT2D eigenvalue weighted by Gasteiger charge is 2.03. The third-order valence-electron chi connectivity index (χ3n) is 1.95. The molecule has 0 atom stereocenters.